The molecule has 1 aliphatic rings. The molecule has 1 aliphatic carbocycles. The molecule has 0 bridgehead atoms. The van der Waals surface area contributed by atoms with Crippen LogP contribution in [0.3, 0.4) is 0 Å². The molecule has 1 unspecified atom stereocenters. The van der Waals surface area contributed by atoms with E-state index in [9.17, 15) is 21.6 Å². The molecule has 0 amide bonds. The van der Waals surface area contributed by atoms with Crippen molar-refractivity contribution in [1.29, 1.82) is 0 Å². The molecule has 0 saturated heterocycles. The topological polar surface area (TPSA) is 72.2 Å². The highest BCUT2D eigenvalue weighted by molar-refractivity contribution is 7.89. The van der Waals surface area contributed by atoms with Crippen molar-refractivity contribution in [3.63, 3.8) is 0 Å². The van der Waals surface area contributed by atoms with Gasteiger partial charge in [-0.3, -0.25) is 0 Å². The Morgan fingerprint density at radius 3 is 2.29 bits per heavy atom. The van der Waals surface area contributed by atoms with Crippen LogP contribution >= 0.6 is 11.6 Å². The van der Waals surface area contributed by atoms with Crippen molar-refractivity contribution < 1.29 is 21.6 Å². The van der Waals surface area contributed by atoms with Crippen molar-refractivity contribution in [2.75, 3.05) is 11.9 Å². The maximum absolute atomic E-state index is 13.2. The SMILES string of the molecule is CC1(C)C(CNc2cc(Cl)ccc2C(F)(F)F)[C@H]1c1ccc(S(N)(=O)=O)cc1. The first-order valence-corrected chi connectivity index (χ1v) is 10.5. The second-order valence-corrected chi connectivity index (χ2v) is 9.59. The Labute approximate surface area is 166 Å². The van der Waals surface area contributed by atoms with Crippen molar-refractivity contribution >= 4 is 27.3 Å². The van der Waals surface area contributed by atoms with Gasteiger partial charge in [0, 0.05) is 17.3 Å². The monoisotopic (exact) mass is 432 g/mol. The first kappa shape index (κ1) is 21.0. The molecule has 2 aromatic carbocycles. The number of alkyl halides is 3. The molecule has 0 spiro atoms. The molecule has 152 valence electrons. The number of sulfonamides is 1. The summed E-state index contributed by atoms with van der Waals surface area (Å²) in [6.45, 7) is 4.39. The first-order chi connectivity index (χ1) is 12.8. The normalized spacial score (nSPS) is 21.4. The summed E-state index contributed by atoms with van der Waals surface area (Å²) in [6, 6.07) is 9.75. The minimum absolute atomic E-state index is 0.0260. The summed E-state index contributed by atoms with van der Waals surface area (Å²) in [7, 11) is -3.77. The fraction of sp³-hybridized carbons (Fsp3) is 0.368. The molecule has 3 N–H and O–H groups in total. The van der Waals surface area contributed by atoms with Crippen LogP contribution in [0, 0.1) is 11.3 Å². The second kappa shape index (κ2) is 6.93. The molecule has 2 aromatic rings. The number of rotatable bonds is 5. The maximum atomic E-state index is 13.2. The predicted molar refractivity (Wildman–Crippen MR) is 103 cm³/mol. The van der Waals surface area contributed by atoms with Crippen LogP contribution in [0.2, 0.25) is 5.02 Å². The van der Waals surface area contributed by atoms with Crippen LogP contribution in [0.15, 0.2) is 47.4 Å². The van der Waals surface area contributed by atoms with E-state index in [1.54, 1.807) is 12.1 Å². The Kier molecular flexibility index (Phi) is 5.19. The van der Waals surface area contributed by atoms with E-state index in [-0.39, 0.29) is 32.9 Å². The summed E-state index contributed by atoms with van der Waals surface area (Å²) >= 11 is 5.86. The lowest BCUT2D eigenvalue weighted by Crippen LogP contribution is -2.13. The van der Waals surface area contributed by atoms with Gasteiger partial charge in [0.2, 0.25) is 10.0 Å². The third-order valence-corrected chi connectivity index (χ3v) is 6.58. The van der Waals surface area contributed by atoms with Crippen molar-refractivity contribution in [3.05, 3.63) is 58.6 Å². The van der Waals surface area contributed by atoms with Crippen LogP contribution in [0.1, 0.15) is 30.9 Å². The van der Waals surface area contributed by atoms with E-state index in [0.29, 0.717) is 6.54 Å². The minimum atomic E-state index is -4.48. The van der Waals surface area contributed by atoms with Gasteiger partial charge in [0.05, 0.1) is 10.5 Å². The minimum Gasteiger partial charge on any atom is -0.384 e. The molecule has 2 atom stereocenters. The molecule has 0 heterocycles. The van der Waals surface area contributed by atoms with E-state index in [1.165, 1.54) is 24.3 Å². The van der Waals surface area contributed by atoms with Crippen molar-refractivity contribution in [2.24, 2.45) is 16.5 Å². The Balaban J connectivity index is 1.77. The molecule has 1 fully saturated rings. The van der Waals surface area contributed by atoms with Gasteiger partial charge in [-0.25, -0.2) is 13.6 Å². The van der Waals surface area contributed by atoms with Crippen molar-refractivity contribution in [2.45, 2.75) is 30.8 Å². The number of hydrogen-bond acceptors (Lipinski definition) is 3. The largest absolute Gasteiger partial charge is 0.418 e. The summed E-state index contributed by atoms with van der Waals surface area (Å²) in [5.41, 5.74) is -0.0330. The molecule has 0 radical (unpaired) electrons. The van der Waals surface area contributed by atoms with Gasteiger partial charge in [0.15, 0.2) is 0 Å². The summed E-state index contributed by atoms with van der Waals surface area (Å²) in [4.78, 5) is 0.0260. The highest BCUT2D eigenvalue weighted by atomic mass is 35.5. The maximum Gasteiger partial charge on any atom is 0.418 e. The van der Waals surface area contributed by atoms with Gasteiger partial charge in [-0.15, -0.1) is 0 Å². The van der Waals surface area contributed by atoms with Gasteiger partial charge in [-0.05, 0) is 53.1 Å². The zero-order chi connectivity index (χ0) is 20.9. The van der Waals surface area contributed by atoms with E-state index in [4.69, 9.17) is 16.7 Å². The van der Waals surface area contributed by atoms with E-state index in [0.717, 1.165) is 11.6 Å². The van der Waals surface area contributed by atoms with Crippen LogP contribution in [0.5, 0.6) is 0 Å². The number of hydrogen-bond donors (Lipinski definition) is 2. The Hall–Kier alpha value is -1.77. The summed E-state index contributed by atoms with van der Waals surface area (Å²) in [6.07, 6.45) is -4.48. The molecular weight excluding hydrogens is 413 g/mol. The van der Waals surface area contributed by atoms with Crippen LogP contribution in [0.25, 0.3) is 0 Å². The van der Waals surface area contributed by atoms with Gasteiger partial charge in [-0.2, -0.15) is 13.2 Å². The van der Waals surface area contributed by atoms with Gasteiger partial charge in [0.1, 0.15) is 0 Å². The quantitative estimate of drug-likeness (QED) is 0.708. The van der Waals surface area contributed by atoms with Gasteiger partial charge in [-0.1, -0.05) is 37.6 Å². The standard InChI is InChI=1S/C19H20ClF3N2O2S/c1-18(2)15(17(18)11-3-6-13(7-4-11)28(24,26)27)10-25-16-9-12(20)5-8-14(16)19(21,22)23/h3-9,15,17,25H,10H2,1-2H3,(H2,24,26,27)/t15?,17-/m1/s1. The molecule has 28 heavy (non-hydrogen) atoms. The smallest absolute Gasteiger partial charge is 0.384 e. The first-order valence-electron chi connectivity index (χ1n) is 8.55. The second-order valence-electron chi connectivity index (χ2n) is 7.59. The fourth-order valence-electron chi connectivity index (χ4n) is 3.78. The Morgan fingerprint density at radius 2 is 1.75 bits per heavy atom. The number of primary sulfonamides is 1. The van der Waals surface area contributed by atoms with Crippen LogP contribution in [-0.4, -0.2) is 15.0 Å². The number of benzene rings is 2. The fourth-order valence-corrected chi connectivity index (χ4v) is 4.47. The molecule has 9 heteroatoms. The van der Waals surface area contributed by atoms with Gasteiger partial charge >= 0.3 is 6.18 Å². The number of nitrogens with one attached hydrogen (secondary N) is 1. The average Bonchev–Trinajstić information content (AvgIpc) is 3.12. The third kappa shape index (κ3) is 4.14. The molecule has 0 aromatic heterocycles. The van der Waals surface area contributed by atoms with Crippen molar-refractivity contribution in [1.82, 2.24) is 0 Å². The zero-order valence-electron chi connectivity index (χ0n) is 15.2. The van der Waals surface area contributed by atoms with E-state index in [1.807, 2.05) is 13.8 Å². The molecular formula is C19H20ClF3N2O2S. The third-order valence-electron chi connectivity index (χ3n) is 5.42. The van der Waals surface area contributed by atoms with Crippen molar-refractivity contribution in [3.8, 4) is 0 Å². The lowest BCUT2D eigenvalue weighted by atomic mass is 10.0. The number of anilines is 1. The Bertz CT molecular complexity index is 989. The van der Waals surface area contributed by atoms with E-state index in [2.05, 4.69) is 5.32 Å². The number of halogens is 4. The van der Waals surface area contributed by atoms with Crippen LogP contribution in [0.4, 0.5) is 18.9 Å². The molecule has 4 nitrogen and oxygen atoms in total. The molecule has 0 aliphatic heterocycles. The molecule has 3 rings (SSSR count). The highest BCUT2D eigenvalue weighted by Crippen LogP contribution is 2.64. The lowest BCUT2D eigenvalue weighted by Gasteiger charge is -2.15. The van der Waals surface area contributed by atoms with Crippen LogP contribution < -0.4 is 10.5 Å². The van der Waals surface area contributed by atoms with E-state index < -0.39 is 21.8 Å². The van der Waals surface area contributed by atoms with E-state index >= 15 is 0 Å². The summed E-state index contributed by atoms with van der Waals surface area (Å²) in [5, 5.41) is 8.23. The average molecular weight is 433 g/mol. The summed E-state index contributed by atoms with van der Waals surface area (Å²) in [5.74, 6) is 0.163. The van der Waals surface area contributed by atoms with Crippen LogP contribution in [-0.2, 0) is 16.2 Å². The lowest BCUT2D eigenvalue weighted by molar-refractivity contribution is -0.136. The number of nitrogens with two attached hydrogens (primary N) is 1. The Morgan fingerprint density at radius 1 is 1.14 bits per heavy atom. The van der Waals surface area contributed by atoms with Gasteiger partial charge < -0.3 is 5.32 Å². The highest BCUT2D eigenvalue weighted by Gasteiger charge is 2.57. The predicted octanol–water partition coefficient (Wildman–Crippen LogP) is 4.86. The zero-order valence-corrected chi connectivity index (χ0v) is 16.8. The van der Waals surface area contributed by atoms with Gasteiger partial charge in [0.25, 0.3) is 0 Å². The molecule has 1 saturated carbocycles. The summed E-state index contributed by atoms with van der Waals surface area (Å²) < 4.78 is 62.4.